The van der Waals surface area contributed by atoms with Gasteiger partial charge in [0.15, 0.2) is 0 Å². The molecule has 3 rings (SSSR count). The molecule has 0 saturated heterocycles. The molecule has 3 aromatic rings. The van der Waals surface area contributed by atoms with E-state index >= 15 is 0 Å². The molecule has 0 spiro atoms. The molecule has 2 aromatic carbocycles. The first-order valence-corrected chi connectivity index (χ1v) is 7.14. The number of ether oxygens (including phenoxy) is 2. The number of furan rings is 1. The number of phenols is 1. The van der Waals surface area contributed by atoms with E-state index in [4.69, 9.17) is 9.15 Å². The third kappa shape index (κ3) is 2.81. The highest BCUT2D eigenvalue weighted by molar-refractivity contribution is 6.01. The normalized spacial score (nSPS) is 10.5. The smallest absolute Gasteiger partial charge is 0.374 e. The van der Waals surface area contributed by atoms with Crippen LogP contribution in [0.1, 0.15) is 26.5 Å². The Labute approximate surface area is 137 Å². The number of esters is 2. The van der Waals surface area contributed by atoms with Gasteiger partial charge in [-0.15, -0.1) is 0 Å². The number of hydrogen-bond acceptors (Lipinski definition) is 6. The Bertz CT molecular complexity index is 909. The van der Waals surface area contributed by atoms with Crippen LogP contribution in [0.25, 0.3) is 10.8 Å². The minimum absolute atomic E-state index is 0.0203. The van der Waals surface area contributed by atoms with E-state index in [1.54, 1.807) is 18.2 Å². The van der Waals surface area contributed by atoms with E-state index in [1.165, 1.54) is 25.5 Å². The maximum atomic E-state index is 12.2. The van der Waals surface area contributed by atoms with E-state index in [0.29, 0.717) is 10.9 Å². The zero-order valence-corrected chi connectivity index (χ0v) is 12.8. The van der Waals surface area contributed by atoms with Gasteiger partial charge in [-0.3, -0.25) is 0 Å². The predicted octanol–water partition coefficient (Wildman–Crippen LogP) is 3.28. The monoisotopic (exact) mass is 326 g/mol. The summed E-state index contributed by atoms with van der Waals surface area (Å²) in [6.07, 6.45) is 1.31. The van der Waals surface area contributed by atoms with Crippen molar-refractivity contribution in [1.82, 2.24) is 0 Å². The van der Waals surface area contributed by atoms with E-state index in [1.807, 2.05) is 12.1 Å². The van der Waals surface area contributed by atoms with Gasteiger partial charge in [0.25, 0.3) is 0 Å². The van der Waals surface area contributed by atoms with Crippen LogP contribution in [0.2, 0.25) is 0 Å². The van der Waals surface area contributed by atoms with E-state index in [-0.39, 0.29) is 23.7 Å². The van der Waals surface area contributed by atoms with Gasteiger partial charge < -0.3 is 19.0 Å². The highest BCUT2D eigenvalue weighted by Gasteiger charge is 2.19. The first-order chi connectivity index (χ1) is 11.6. The molecule has 0 amide bonds. The Balaban J connectivity index is 1.80. The van der Waals surface area contributed by atoms with Crippen molar-refractivity contribution in [2.75, 3.05) is 7.11 Å². The van der Waals surface area contributed by atoms with Gasteiger partial charge in [-0.2, -0.15) is 0 Å². The predicted molar refractivity (Wildman–Crippen MR) is 84.8 cm³/mol. The number of methoxy groups -OCH3 is 1. The van der Waals surface area contributed by atoms with Crippen molar-refractivity contribution in [1.29, 1.82) is 0 Å². The van der Waals surface area contributed by atoms with Crippen LogP contribution in [0.3, 0.4) is 0 Å². The lowest BCUT2D eigenvalue weighted by Gasteiger charge is -2.08. The molecular formula is C18H14O6. The van der Waals surface area contributed by atoms with Crippen LogP contribution < -0.4 is 0 Å². The first-order valence-electron chi connectivity index (χ1n) is 7.14. The van der Waals surface area contributed by atoms with Gasteiger partial charge >= 0.3 is 11.9 Å². The Morgan fingerprint density at radius 3 is 2.67 bits per heavy atom. The van der Waals surface area contributed by atoms with Gasteiger partial charge in [0, 0.05) is 10.9 Å². The molecule has 0 aliphatic carbocycles. The van der Waals surface area contributed by atoms with Crippen molar-refractivity contribution < 1.29 is 28.6 Å². The summed E-state index contributed by atoms with van der Waals surface area (Å²) in [5.41, 5.74) is 0.437. The minimum atomic E-state index is -0.699. The van der Waals surface area contributed by atoms with Crippen LogP contribution in [-0.4, -0.2) is 24.2 Å². The summed E-state index contributed by atoms with van der Waals surface area (Å²) in [6, 6.07) is 11.9. The SMILES string of the molecule is COC(=O)c1occc1COC(=O)c1ccc2ccccc2c1O. The number of fused-ring (bicyclic) bond motifs is 1. The van der Waals surface area contributed by atoms with Gasteiger partial charge in [0.2, 0.25) is 5.76 Å². The summed E-state index contributed by atoms with van der Waals surface area (Å²) < 4.78 is 14.8. The van der Waals surface area contributed by atoms with E-state index < -0.39 is 11.9 Å². The lowest BCUT2D eigenvalue weighted by Crippen LogP contribution is -2.08. The molecule has 1 N–H and O–H groups in total. The van der Waals surface area contributed by atoms with Crippen molar-refractivity contribution in [2.24, 2.45) is 0 Å². The van der Waals surface area contributed by atoms with Gasteiger partial charge in [-0.1, -0.05) is 30.3 Å². The van der Waals surface area contributed by atoms with Gasteiger partial charge in [-0.25, -0.2) is 9.59 Å². The number of aromatic hydroxyl groups is 1. The fourth-order valence-electron chi connectivity index (χ4n) is 2.36. The first kappa shape index (κ1) is 15.6. The van der Waals surface area contributed by atoms with Crippen LogP contribution >= 0.6 is 0 Å². The molecule has 122 valence electrons. The Hall–Kier alpha value is -3.28. The molecule has 0 fully saturated rings. The van der Waals surface area contributed by atoms with Crippen molar-refractivity contribution in [2.45, 2.75) is 6.61 Å². The zero-order valence-electron chi connectivity index (χ0n) is 12.8. The molecule has 1 aromatic heterocycles. The minimum Gasteiger partial charge on any atom is -0.506 e. The fraction of sp³-hybridized carbons (Fsp3) is 0.111. The number of carbonyl (C=O) groups excluding carboxylic acids is 2. The average molecular weight is 326 g/mol. The van der Waals surface area contributed by atoms with Gasteiger partial charge in [0.1, 0.15) is 17.9 Å². The number of carbonyl (C=O) groups is 2. The molecule has 0 aliphatic heterocycles. The molecule has 6 nitrogen and oxygen atoms in total. The second-order valence-electron chi connectivity index (χ2n) is 5.03. The van der Waals surface area contributed by atoms with Gasteiger partial charge in [0.05, 0.1) is 13.4 Å². The van der Waals surface area contributed by atoms with Crippen LogP contribution in [-0.2, 0) is 16.1 Å². The summed E-state index contributed by atoms with van der Waals surface area (Å²) in [5, 5.41) is 11.6. The third-order valence-electron chi connectivity index (χ3n) is 3.60. The molecule has 1 heterocycles. The molecule has 6 heteroatoms. The van der Waals surface area contributed by atoms with Crippen molar-refractivity contribution >= 4 is 22.7 Å². The summed E-state index contributed by atoms with van der Waals surface area (Å²) >= 11 is 0. The third-order valence-corrected chi connectivity index (χ3v) is 3.60. The highest BCUT2D eigenvalue weighted by Crippen LogP contribution is 2.29. The molecule has 0 atom stereocenters. The summed E-state index contributed by atoms with van der Waals surface area (Å²) in [4.78, 5) is 23.7. The molecule has 24 heavy (non-hydrogen) atoms. The largest absolute Gasteiger partial charge is 0.506 e. The molecule has 0 radical (unpaired) electrons. The fourth-order valence-corrected chi connectivity index (χ4v) is 2.36. The summed E-state index contributed by atoms with van der Waals surface area (Å²) in [7, 11) is 1.23. The molecule has 0 saturated carbocycles. The second kappa shape index (κ2) is 6.45. The van der Waals surface area contributed by atoms with E-state index in [9.17, 15) is 14.7 Å². The molecule has 0 unspecified atom stereocenters. The summed E-state index contributed by atoms with van der Waals surface area (Å²) in [6.45, 7) is -0.175. The van der Waals surface area contributed by atoms with Gasteiger partial charge in [-0.05, 0) is 17.5 Å². The quantitative estimate of drug-likeness (QED) is 0.741. The topological polar surface area (TPSA) is 86.0 Å². The number of phenolic OH excluding ortho intramolecular Hbond substituents is 1. The van der Waals surface area contributed by atoms with E-state index in [0.717, 1.165) is 5.39 Å². The Kier molecular flexibility index (Phi) is 4.20. The lowest BCUT2D eigenvalue weighted by molar-refractivity contribution is 0.0451. The van der Waals surface area contributed by atoms with Crippen LogP contribution in [0.5, 0.6) is 5.75 Å². The maximum Gasteiger partial charge on any atom is 0.374 e. The van der Waals surface area contributed by atoms with Crippen molar-refractivity contribution in [3.8, 4) is 5.75 Å². The number of rotatable bonds is 4. The number of hydrogen-bond donors (Lipinski definition) is 1. The zero-order chi connectivity index (χ0) is 17.1. The molecule has 0 bridgehead atoms. The molecule has 0 aliphatic rings. The average Bonchev–Trinajstić information content (AvgIpc) is 3.08. The number of benzene rings is 2. The lowest BCUT2D eigenvalue weighted by atomic mass is 10.1. The van der Waals surface area contributed by atoms with Crippen LogP contribution in [0, 0.1) is 0 Å². The summed E-state index contributed by atoms with van der Waals surface area (Å²) in [5.74, 6) is -1.51. The maximum absolute atomic E-state index is 12.2. The van der Waals surface area contributed by atoms with E-state index in [2.05, 4.69) is 4.74 Å². The van der Waals surface area contributed by atoms with Crippen molar-refractivity contribution in [3.63, 3.8) is 0 Å². The van der Waals surface area contributed by atoms with Crippen molar-refractivity contribution in [3.05, 3.63) is 65.6 Å². The standard InChI is InChI=1S/C18H14O6/c1-22-18(21)16-12(8-9-23-16)10-24-17(20)14-7-6-11-4-2-3-5-13(11)15(14)19/h2-9,19H,10H2,1H3. The van der Waals surface area contributed by atoms with Crippen LogP contribution in [0.4, 0.5) is 0 Å². The Morgan fingerprint density at radius 1 is 1.08 bits per heavy atom. The van der Waals surface area contributed by atoms with Crippen LogP contribution in [0.15, 0.2) is 53.1 Å². The molecular weight excluding hydrogens is 312 g/mol. The Morgan fingerprint density at radius 2 is 1.88 bits per heavy atom. The second-order valence-corrected chi connectivity index (χ2v) is 5.03. The highest BCUT2D eigenvalue weighted by atomic mass is 16.5.